The number of likely N-dealkylation sites (tertiary alicyclic amines) is 2. The lowest BCUT2D eigenvalue weighted by molar-refractivity contribution is -0.121. The summed E-state index contributed by atoms with van der Waals surface area (Å²) in [4.78, 5) is 17.4. The van der Waals surface area contributed by atoms with Gasteiger partial charge in [-0.25, -0.2) is 0 Å². The number of ether oxygens (including phenoxy) is 1. The normalized spacial score (nSPS) is 20.6. The van der Waals surface area contributed by atoms with Crippen molar-refractivity contribution in [2.75, 3.05) is 39.8 Å². The van der Waals surface area contributed by atoms with Crippen LogP contribution in [0.5, 0.6) is 5.75 Å². The number of amides is 1. The SMILES string of the molecule is CCN1CCCC1CNC(=O)CCC1CCN(Cc2c(OC)ccc3ccccc23)CC1. The third-order valence-electron chi connectivity index (χ3n) is 7.53. The zero-order chi connectivity index (χ0) is 22.3. The topological polar surface area (TPSA) is 44.8 Å². The van der Waals surface area contributed by atoms with E-state index in [2.05, 4.69) is 58.4 Å². The molecule has 1 atom stereocenters. The largest absolute Gasteiger partial charge is 0.496 e. The number of likely N-dealkylation sites (N-methyl/N-ethyl adjacent to an activating group) is 1. The molecule has 0 aromatic heterocycles. The molecule has 2 aliphatic rings. The summed E-state index contributed by atoms with van der Waals surface area (Å²) in [5.74, 6) is 1.87. The van der Waals surface area contributed by atoms with Gasteiger partial charge in [-0.1, -0.05) is 37.3 Å². The summed E-state index contributed by atoms with van der Waals surface area (Å²) in [5, 5.41) is 5.75. The van der Waals surface area contributed by atoms with Crippen molar-refractivity contribution in [1.29, 1.82) is 0 Å². The van der Waals surface area contributed by atoms with Gasteiger partial charge < -0.3 is 10.1 Å². The highest BCUT2D eigenvalue weighted by Crippen LogP contribution is 2.31. The first-order valence-electron chi connectivity index (χ1n) is 12.5. The smallest absolute Gasteiger partial charge is 0.220 e. The number of carbonyl (C=O) groups excluding carboxylic acids is 1. The fourth-order valence-corrected chi connectivity index (χ4v) is 5.52. The molecule has 0 bridgehead atoms. The number of fused-ring (bicyclic) bond motifs is 1. The number of hydrogen-bond acceptors (Lipinski definition) is 4. The molecule has 0 radical (unpaired) electrons. The van der Waals surface area contributed by atoms with Crippen molar-refractivity contribution in [2.24, 2.45) is 5.92 Å². The van der Waals surface area contributed by atoms with E-state index in [4.69, 9.17) is 4.74 Å². The molecule has 2 fully saturated rings. The van der Waals surface area contributed by atoms with Crippen molar-refractivity contribution in [3.8, 4) is 5.75 Å². The molecule has 5 heteroatoms. The maximum Gasteiger partial charge on any atom is 0.220 e. The van der Waals surface area contributed by atoms with Gasteiger partial charge in [0.2, 0.25) is 5.91 Å². The molecule has 1 N–H and O–H groups in total. The number of rotatable bonds is 9. The van der Waals surface area contributed by atoms with Crippen LogP contribution in [0, 0.1) is 5.92 Å². The van der Waals surface area contributed by atoms with Crippen LogP contribution in [0.25, 0.3) is 10.8 Å². The average molecular weight is 438 g/mol. The van der Waals surface area contributed by atoms with Crippen molar-refractivity contribution in [1.82, 2.24) is 15.1 Å². The van der Waals surface area contributed by atoms with Gasteiger partial charge in [-0.2, -0.15) is 0 Å². The first-order chi connectivity index (χ1) is 15.7. The lowest BCUT2D eigenvalue weighted by Gasteiger charge is -2.32. The van der Waals surface area contributed by atoms with E-state index >= 15 is 0 Å². The molecule has 32 heavy (non-hydrogen) atoms. The van der Waals surface area contributed by atoms with Gasteiger partial charge in [-0.3, -0.25) is 14.6 Å². The van der Waals surface area contributed by atoms with E-state index in [1.54, 1.807) is 7.11 Å². The molecule has 2 aliphatic heterocycles. The zero-order valence-electron chi connectivity index (χ0n) is 19.8. The number of methoxy groups -OCH3 is 1. The number of benzene rings is 2. The molecule has 4 rings (SSSR count). The van der Waals surface area contributed by atoms with Crippen LogP contribution in [0.1, 0.15) is 51.0 Å². The number of nitrogens with zero attached hydrogens (tertiary/aromatic N) is 2. The number of carbonyl (C=O) groups is 1. The van der Waals surface area contributed by atoms with Crippen molar-refractivity contribution in [3.05, 3.63) is 42.0 Å². The minimum absolute atomic E-state index is 0.232. The van der Waals surface area contributed by atoms with Crippen molar-refractivity contribution in [3.63, 3.8) is 0 Å². The van der Waals surface area contributed by atoms with Gasteiger partial charge in [0.1, 0.15) is 5.75 Å². The molecule has 174 valence electrons. The molecule has 5 nitrogen and oxygen atoms in total. The molecule has 2 aromatic rings. The molecule has 0 saturated carbocycles. The van der Waals surface area contributed by atoms with Gasteiger partial charge in [0.05, 0.1) is 7.11 Å². The lowest BCUT2D eigenvalue weighted by Crippen LogP contribution is -2.40. The molecule has 2 heterocycles. The van der Waals surface area contributed by atoms with Crippen molar-refractivity contribution in [2.45, 2.75) is 58.0 Å². The van der Waals surface area contributed by atoms with Gasteiger partial charge in [-0.05, 0) is 81.0 Å². The molecule has 0 aliphatic carbocycles. The minimum Gasteiger partial charge on any atom is -0.496 e. The van der Waals surface area contributed by atoms with E-state index in [0.29, 0.717) is 18.4 Å². The predicted octanol–water partition coefficient (Wildman–Crippen LogP) is 4.44. The summed E-state index contributed by atoms with van der Waals surface area (Å²) < 4.78 is 5.68. The Bertz CT molecular complexity index is 892. The fraction of sp³-hybridized carbons (Fsp3) is 0.593. The monoisotopic (exact) mass is 437 g/mol. The zero-order valence-corrected chi connectivity index (χ0v) is 19.8. The summed E-state index contributed by atoms with van der Waals surface area (Å²) in [6.07, 6.45) is 6.50. The first-order valence-corrected chi connectivity index (χ1v) is 12.5. The van der Waals surface area contributed by atoms with Crippen LogP contribution in [-0.4, -0.2) is 61.6 Å². The van der Waals surface area contributed by atoms with Gasteiger partial charge in [0.15, 0.2) is 0 Å². The van der Waals surface area contributed by atoms with E-state index in [1.165, 1.54) is 48.6 Å². The maximum atomic E-state index is 12.4. The van der Waals surface area contributed by atoms with E-state index in [-0.39, 0.29) is 5.91 Å². The fourth-order valence-electron chi connectivity index (χ4n) is 5.52. The second-order valence-electron chi connectivity index (χ2n) is 9.45. The van der Waals surface area contributed by atoms with Gasteiger partial charge in [0, 0.05) is 31.1 Å². The van der Waals surface area contributed by atoms with Gasteiger partial charge in [-0.15, -0.1) is 0 Å². The highest BCUT2D eigenvalue weighted by atomic mass is 16.5. The number of hydrogen-bond donors (Lipinski definition) is 1. The Balaban J connectivity index is 1.22. The standard InChI is InChI=1S/C27H39N3O2/c1-3-30-16-6-8-23(30)19-28-27(31)13-10-21-14-17-29(18-15-21)20-25-24-9-5-4-7-22(24)11-12-26(25)32-2/h4-5,7,9,11-12,21,23H,3,6,8,10,13-20H2,1-2H3,(H,28,31). The third kappa shape index (κ3) is 5.62. The van der Waals surface area contributed by atoms with Crippen LogP contribution in [0.2, 0.25) is 0 Å². The third-order valence-corrected chi connectivity index (χ3v) is 7.53. The van der Waals surface area contributed by atoms with Crippen LogP contribution >= 0.6 is 0 Å². The molecular weight excluding hydrogens is 398 g/mol. The van der Waals surface area contributed by atoms with E-state index in [1.807, 2.05) is 0 Å². The van der Waals surface area contributed by atoms with Crippen LogP contribution in [0.3, 0.4) is 0 Å². The summed E-state index contributed by atoms with van der Waals surface area (Å²) in [5.41, 5.74) is 1.29. The van der Waals surface area contributed by atoms with E-state index < -0.39 is 0 Å². The first kappa shape index (κ1) is 23.1. The summed E-state index contributed by atoms with van der Waals surface area (Å²) in [6.45, 7) is 8.40. The Morgan fingerprint density at radius 3 is 2.69 bits per heavy atom. The van der Waals surface area contributed by atoms with E-state index in [9.17, 15) is 4.79 Å². The van der Waals surface area contributed by atoms with Gasteiger partial charge in [0.25, 0.3) is 0 Å². The summed E-state index contributed by atoms with van der Waals surface area (Å²) >= 11 is 0. The molecule has 0 spiro atoms. The Morgan fingerprint density at radius 1 is 1.09 bits per heavy atom. The predicted molar refractivity (Wildman–Crippen MR) is 131 cm³/mol. The summed E-state index contributed by atoms with van der Waals surface area (Å²) in [7, 11) is 1.76. The molecule has 1 unspecified atom stereocenters. The Morgan fingerprint density at radius 2 is 1.91 bits per heavy atom. The van der Waals surface area contributed by atoms with Gasteiger partial charge >= 0.3 is 0 Å². The average Bonchev–Trinajstić information content (AvgIpc) is 3.30. The molecular formula is C27H39N3O2. The second-order valence-corrected chi connectivity index (χ2v) is 9.45. The quantitative estimate of drug-likeness (QED) is 0.630. The van der Waals surface area contributed by atoms with E-state index in [0.717, 1.165) is 44.9 Å². The number of piperidine rings is 1. The summed E-state index contributed by atoms with van der Waals surface area (Å²) in [6, 6.07) is 13.3. The van der Waals surface area contributed by atoms with Crippen LogP contribution in [0.4, 0.5) is 0 Å². The molecule has 2 saturated heterocycles. The van der Waals surface area contributed by atoms with Crippen LogP contribution in [-0.2, 0) is 11.3 Å². The molecule has 1 amide bonds. The number of nitrogens with one attached hydrogen (secondary N) is 1. The van der Waals surface area contributed by atoms with Crippen LogP contribution in [0.15, 0.2) is 36.4 Å². The molecule has 2 aromatic carbocycles. The maximum absolute atomic E-state index is 12.4. The highest BCUT2D eigenvalue weighted by molar-refractivity contribution is 5.87. The van der Waals surface area contributed by atoms with Crippen molar-refractivity contribution >= 4 is 16.7 Å². The van der Waals surface area contributed by atoms with Crippen molar-refractivity contribution < 1.29 is 9.53 Å². The Hall–Kier alpha value is -2.11. The minimum atomic E-state index is 0.232. The lowest BCUT2D eigenvalue weighted by atomic mass is 9.91. The highest BCUT2D eigenvalue weighted by Gasteiger charge is 2.24. The van der Waals surface area contributed by atoms with Crippen LogP contribution < -0.4 is 10.1 Å². The Kier molecular flexibility index (Phi) is 8.04. The Labute approximate surface area is 193 Å². The second kappa shape index (κ2) is 11.2.